The predicted molar refractivity (Wildman–Crippen MR) is 110 cm³/mol. The summed E-state index contributed by atoms with van der Waals surface area (Å²) in [6.45, 7) is 2.85. The topological polar surface area (TPSA) is 69.6 Å². The minimum atomic E-state index is -0.0792. The van der Waals surface area contributed by atoms with Crippen LogP contribution in [-0.2, 0) is 0 Å². The molecule has 7 heteroatoms. The molecule has 1 saturated heterocycles. The first-order chi connectivity index (χ1) is 14.0. The van der Waals surface area contributed by atoms with Crippen molar-refractivity contribution in [3.8, 4) is 11.8 Å². The molecule has 0 aliphatic carbocycles. The van der Waals surface area contributed by atoms with E-state index < -0.39 is 0 Å². The third-order valence-corrected chi connectivity index (χ3v) is 4.59. The molecule has 1 aliphatic rings. The molecule has 3 rings (SSSR count). The molecule has 150 valence electrons. The van der Waals surface area contributed by atoms with Crippen LogP contribution in [0.15, 0.2) is 43.0 Å². The smallest absolute Gasteiger partial charge is 0.255 e. The summed E-state index contributed by atoms with van der Waals surface area (Å²) in [7, 11) is 3.91. The van der Waals surface area contributed by atoms with Crippen molar-refractivity contribution in [1.82, 2.24) is 24.7 Å². The normalized spacial score (nSPS) is 14.2. The summed E-state index contributed by atoms with van der Waals surface area (Å²) in [5.41, 5.74) is 1.81. The van der Waals surface area contributed by atoms with Gasteiger partial charge in [-0.2, -0.15) is 0 Å². The van der Waals surface area contributed by atoms with Crippen molar-refractivity contribution in [2.45, 2.75) is 6.42 Å². The molecule has 0 radical (unpaired) electrons. The number of rotatable bonds is 3. The monoisotopic (exact) mass is 391 g/mol. The Hall–Kier alpha value is -3.24. The van der Waals surface area contributed by atoms with Gasteiger partial charge in [-0.3, -0.25) is 24.5 Å². The van der Waals surface area contributed by atoms with E-state index in [0.717, 1.165) is 12.0 Å². The molecule has 1 fully saturated rings. The molecular formula is C22H25N5O2. The van der Waals surface area contributed by atoms with Gasteiger partial charge in [0.2, 0.25) is 0 Å². The molecule has 0 atom stereocenters. The highest BCUT2D eigenvalue weighted by Crippen LogP contribution is 2.12. The molecule has 2 aromatic rings. The third kappa shape index (κ3) is 5.62. The molecule has 0 spiro atoms. The summed E-state index contributed by atoms with van der Waals surface area (Å²) in [6.07, 6.45) is 7.18. The van der Waals surface area contributed by atoms with Crippen molar-refractivity contribution >= 4 is 11.8 Å². The van der Waals surface area contributed by atoms with Crippen LogP contribution in [0.3, 0.4) is 0 Å². The van der Waals surface area contributed by atoms with Crippen molar-refractivity contribution in [1.29, 1.82) is 0 Å². The summed E-state index contributed by atoms with van der Waals surface area (Å²) in [4.78, 5) is 39.3. The number of hydrogen-bond acceptors (Lipinski definition) is 5. The summed E-state index contributed by atoms with van der Waals surface area (Å²) in [6, 6.07) is 5.29. The number of hydrogen-bond donors (Lipinski definition) is 0. The second kappa shape index (κ2) is 9.80. The first-order valence-electron chi connectivity index (χ1n) is 9.62. The first kappa shape index (κ1) is 20.5. The lowest BCUT2D eigenvalue weighted by atomic mass is 10.2. The minimum absolute atomic E-state index is 0.0489. The van der Waals surface area contributed by atoms with Crippen molar-refractivity contribution < 1.29 is 9.59 Å². The number of aromatic nitrogens is 2. The Morgan fingerprint density at radius 3 is 2.34 bits per heavy atom. The zero-order valence-electron chi connectivity index (χ0n) is 16.8. The van der Waals surface area contributed by atoms with Crippen LogP contribution in [0.4, 0.5) is 0 Å². The fourth-order valence-electron chi connectivity index (χ4n) is 3.10. The van der Waals surface area contributed by atoms with E-state index in [4.69, 9.17) is 0 Å². The third-order valence-electron chi connectivity index (χ3n) is 4.59. The van der Waals surface area contributed by atoms with Gasteiger partial charge in [0.25, 0.3) is 11.8 Å². The Morgan fingerprint density at radius 1 is 1.00 bits per heavy atom. The fraction of sp³-hybridized carbons (Fsp3) is 0.364. The maximum Gasteiger partial charge on any atom is 0.255 e. The molecule has 3 heterocycles. The van der Waals surface area contributed by atoms with Crippen LogP contribution in [0, 0.1) is 11.8 Å². The molecule has 29 heavy (non-hydrogen) atoms. The zero-order valence-corrected chi connectivity index (χ0v) is 16.8. The van der Waals surface area contributed by atoms with E-state index in [1.54, 1.807) is 52.8 Å². The van der Waals surface area contributed by atoms with Crippen LogP contribution in [0.25, 0.3) is 0 Å². The number of carbonyl (C=O) groups is 2. The van der Waals surface area contributed by atoms with E-state index in [1.807, 2.05) is 19.0 Å². The van der Waals surface area contributed by atoms with E-state index in [1.165, 1.54) is 0 Å². The fourth-order valence-corrected chi connectivity index (χ4v) is 3.10. The highest BCUT2D eigenvalue weighted by atomic mass is 16.2. The molecular weight excluding hydrogens is 366 g/mol. The van der Waals surface area contributed by atoms with Crippen molar-refractivity contribution in [3.63, 3.8) is 0 Å². The average Bonchev–Trinajstić information content (AvgIpc) is 2.99. The largest absolute Gasteiger partial charge is 0.337 e. The van der Waals surface area contributed by atoms with Gasteiger partial charge in [0.05, 0.1) is 17.7 Å². The zero-order chi connectivity index (χ0) is 20.6. The maximum atomic E-state index is 12.9. The number of pyridine rings is 2. The van der Waals surface area contributed by atoms with Gasteiger partial charge in [-0.1, -0.05) is 11.8 Å². The average molecular weight is 391 g/mol. The molecule has 1 aliphatic heterocycles. The van der Waals surface area contributed by atoms with Crippen molar-refractivity contribution in [3.05, 3.63) is 59.7 Å². The van der Waals surface area contributed by atoms with Gasteiger partial charge < -0.3 is 9.80 Å². The van der Waals surface area contributed by atoms with E-state index in [0.29, 0.717) is 43.9 Å². The molecule has 2 aromatic heterocycles. The van der Waals surface area contributed by atoms with Gasteiger partial charge in [0.15, 0.2) is 0 Å². The summed E-state index contributed by atoms with van der Waals surface area (Å²) in [5.74, 6) is 5.97. The molecule has 7 nitrogen and oxygen atoms in total. The number of carbonyl (C=O) groups excluding carboxylic acids is 2. The Kier molecular flexibility index (Phi) is 6.93. The van der Waals surface area contributed by atoms with E-state index in [2.05, 4.69) is 21.8 Å². The summed E-state index contributed by atoms with van der Waals surface area (Å²) in [5, 5.41) is 0. The predicted octanol–water partition coefficient (Wildman–Crippen LogP) is 1.38. The van der Waals surface area contributed by atoms with E-state index >= 15 is 0 Å². The molecule has 0 saturated carbocycles. The quantitative estimate of drug-likeness (QED) is 0.740. The number of nitrogens with zero attached hydrogens (tertiary/aromatic N) is 5. The maximum absolute atomic E-state index is 12.9. The van der Waals surface area contributed by atoms with E-state index in [-0.39, 0.29) is 11.8 Å². The lowest BCUT2D eigenvalue weighted by Gasteiger charge is -2.22. The Labute approximate surface area is 171 Å². The van der Waals surface area contributed by atoms with Crippen LogP contribution < -0.4 is 0 Å². The SMILES string of the molecule is CN(C)CC#Cc1cncc(C(=O)N2CCCN(C(=O)c3cccnc3)CC2)c1. The standard InChI is InChI=1S/C22H25N5O2/c1-25(2)9-4-6-18-14-20(17-24-15-18)22(29)27-11-5-10-26(12-13-27)21(28)19-7-3-8-23-16-19/h3,7-8,14-17H,5,9-13H2,1-2H3. The number of amides is 2. The highest BCUT2D eigenvalue weighted by molar-refractivity contribution is 5.95. The van der Waals surface area contributed by atoms with Gasteiger partial charge in [-0.05, 0) is 38.7 Å². The van der Waals surface area contributed by atoms with Gasteiger partial charge in [0, 0.05) is 56.5 Å². The van der Waals surface area contributed by atoms with Gasteiger partial charge in [-0.15, -0.1) is 0 Å². The molecule has 0 aromatic carbocycles. The van der Waals surface area contributed by atoms with Crippen LogP contribution in [0.1, 0.15) is 32.7 Å². The lowest BCUT2D eigenvalue weighted by molar-refractivity contribution is 0.0718. The second-order valence-corrected chi connectivity index (χ2v) is 7.18. The van der Waals surface area contributed by atoms with Crippen LogP contribution >= 0.6 is 0 Å². The van der Waals surface area contributed by atoms with Crippen molar-refractivity contribution in [2.24, 2.45) is 0 Å². The Balaban J connectivity index is 1.65. The molecule has 0 bridgehead atoms. The summed E-state index contributed by atoms with van der Waals surface area (Å²) >= 11 is 0. The lowest BCUT2D eigenvalue weighted by Crippen LogP contribution is -2.37. The van der Waals surface area contributed by atoms with Gasteiger partial charge >= 0.3 is 0 Å². The molecule has 2 amide bonds. The summed E-state index contributed by atoms with van der Waals surface area (Å²) < 4.78 is 0. The van der Waals surface area contributed by atoms with Crippen LogP contribution in [-0.4, -0.2) is 83.3 Å². The van der Waals surface area contributed by atoms with Crippen LogP contribution in [0.2, 0.25) is 0 Å². The van der Waals surface area contributed by atoms with E-state index in [9.17, 15) is 9.59 Å². The van der Waals surface area contributed by atoms with Crippen molar-refractivity contribution in [2.75, 3.05) is 46.8 Å². The highest BCUT2D eigenvalue weighted by Gasteiger charge is 2.23. The Bertz CT molecular complexity index is 918. The Morgan fingerprint density at radius 2 is 1.69 bits per heavy atom. The molecule has 0 unspecified atom stereocenters. The van der Waals surface area contributed by atoms with Gasteiger partial charge in [0.1, 0.15) is 0 Å². The van der Waals surface area contributed by atoms with Gasteiger partial charge in [-0.25, -0.2) is 0 Å². The minimum Gasteiger partial charge on any atom is -0.337 e. The van der Waals surface area contributed by atoms with Crippen LogP contribution in [0.5, 0.6) is 0 Å². The molecule has 0 N–H and O–H groups in total. The first-order valence-corrected chi connectivity index (χ1v) is 9.62. The second-order valence-electron chi connectivity index (χ2n) is 7.18.